The van der Waals surface area contributed by atoms with E-state index >= 15 is 0 Å². The molecule has 86 valence electrons. The summed E-state index contributed by atoms with van der Waals surface area (Å²) in [6.45, 7) is 6.30. The minimum absolute atomic E-state index is 0.0214. The minimum atomic E-state index is -0.498. The summed E-state index contributed by atoms with van der Waals surface area (Å²) >= 11 is 3.40. The average molecular weight is 276 g/mol. The third-order valence-electron chi connectivity index (χ3n) is 2.95. The fourth-order valence-electron chi connectivity index (χ4n) is 1.76. The van der Waals surface area contributed by atoms with Gasteiger partial charge in [-0.3, -0.25) is 14.5 Å². The van der Waals surface area contributed by atoms with Crippen LogP contribution >= 0.6 is 15.9 Å². The van der Waals surface area contributed by atoms with Gasteiger partial charge in [0.1, 0.15) is 0 Å². The maximum atomic E-state index is 11.9. The Bertz CT molecular complexity index is 272. The Morgan fingerprint density at radius 2 is 2.07 bits per heavy atom. The highest BCUT2D eigenvalue weighted by Gasteiger charge is 2.44. The maximum absolute atomic E-state index is 11.9. The summed E-state index contributed by atoms with van der Waals surface area (Å²) in [5.41, 5.74) is -0.498. The predicted molar refractivity (Wildman–Crippen MR) is 62.7 cm³/mol. The number of likely N-dealkylation sites (tertiary alicyclic amines) is 1. The number of imide groups is 1. The van der Waals surface area contributed by atoms with Crippen LogP contribution in [0.2, 0.25) is 0 Å². The normalized spacial score (nSPS) is 22.3. The van der Waals surface area contributed by atoms with E-state index in [2.05, 4.69) is 22.9 Å². The van der Waals surface area contributed by atoms with Gasteiger partial charge < -0.3 is 0 Å². The molecule has 1 saturated heterocycles. The number of halogens is 1. The summed E-state index contributed by atoms with van der Waals surface area (Å²) in [5.74, 6) is 0.322. The van der Waals surface area contributed by atoms with Crippen molar-refractivity contribution in [2.75, 3.05) is 11.9 Å². The molecule has 2 amide bonds. The first-order valence-electron chi connectivity index (χ1n) is 5.33. The van der Waals surface area contributed by atoms with Gasteiger partial charge in [0.15, 0.2) is 0 Å². The third-order valence-corrected chi connectivity index (χ3v) is 3.87. The van der Waals surface area contributed by atoms with Crippen molar-refractivity contribution in [2.45, 2.75) is 33.6 Å². The highest BCUT2D eigenvalue weighted by atomic mass is 79.9. The summed E-state index contributed by atoms with van der Waals surface area (Å²) in [4.78, 5) is 25.0. The van der Waals surface area contributed by atoms with Crippen LogP contribution < -0.4 is 0 Å². The molecule has 4 heteroatoms. The van der Waals surface area contributed by atoms with E-state index in [1.807, 2.05) is 13.8 Å². The Morgan fingerprint density at radius 1 is 1.47 bits per heavy atom. The van der Waals surface area contributed by atoms with Crippen molar-refractivity contribution < 1.29 is 9.59 Å². The first-order chi connectivity index (χ1) is 6.92. The fourth-order valence-corrected chi connectivity index (χ4v) is 2.42. The summed E-state index contributed by atoms with van der Waals surface area (Å²) in [5, 5.41) is 0.834. The van der Waals surface area contributed by atoms with Crippen molar-refractivity contribution in [3.63, 3.8) is 0 Å². The number of carbonyl (C=O) groups is 2. The van der Waals surface area contributed by atoms with E-state index in [1.165, 1.54) is 4.90 Å². The molecule has 0 saturated carbocycles. The van der Waals surface area contributed by atoms with Crippen molar-refractivity contribution in [2.24, 2.45) is 11.3 Å². The van der Waals surface area contributed by atoms with E-state index < -0.39 is 5.41 Å². The summed E-state index contributed by atoms with van der Waals surface area (Å²) in [6, 6.07) is 0. The summed E-state index contributed by atoms with van der Waals surface area (Å²) < 4.78 is 0. The molecule has 3 nitrogen and oxygen atoms in total. The second-order valence-corrected chi connectivity index (χ2v) is 5.45. The fraction of sp³-hybridized carbons (Fsp3) is 0.818. The van der Waals surface area contributed by atoms with Crippen molar-refractivity contribution in [3.05, 3.63) is 0 Å². The van der Waals surface area contributed by atoms with Crippen LogP contribution in [0.1, 0.15) is 33.6 Å². The van der Waals surface area contributed by atoms with Crippen molar-refractivity contribution in [1.82, 2.24) is 4.90 Å². The van der Waals surface area contributed by atoms with Crippen LogP contribution in [-0.4, -0.2) is 28.6 Å². The van der Waals surface area contributed by atoms with Crippen molar-refractivity contribution in [3.8, 4) is 0 Å². The molecule has 1 atom stereocenters. The molecule has 0 spiro atoms. The zero-order valence-corrected chi connectivity index (χ0v) is 11.1. The molecule has 0 aliphatic carbocycles. The van der Waals surface area contributed by atoms with Gasteiger partial charge in [-0.2, -0.15) is 0 Å². The number of rotatable bonds is 4. The summed E-state index contributed by atoms with van der Waals surface area (Å²) in [7, 11) is 0. The third kappa shape index (κ3) is 2.60. The largest absolute Gasteiger partial charge is 0.282 e. The second-order valence-electron chi connectivity index (χ2n) is 4.80. The van der Waals surface area contributed by atoms with Crippen LogP contribution in [-0.2, 0) is 9.59 Å². The molecule has 15 heavy (non-hydrogen) atoms. The van der Waals surface area contributed by atoms with Gasteiger partial charge in [-0.1, -0.05) is 43.1 Å². The standard InChI is InChI=1S/C11H18BrNO2/c1-4-8(6-12)7-13-9(14)5-11(2,3)10(13)15/h8H,4-7H2,1-3H3. The monoisotopic (exact) mass is 275 g/mol. The van der Waals surface area contributed by atoms with Crippen LogP contribution in [0, 0.1) is 11.3 Å². The molecular weight excluding hydrogens is 258 g/mol. The number of hydrogen-bond donors (Lipinski definition) is 0. The van der Waals surface area contributed by atoms with Gasteiger partial charge in [-0.25, -0.2) is 0 Å². The number of amides is 2. The predicted octanol–water partition coefficient (Wildman–Crippen LogP) is 2.19. The van der Waals surface area contributed by atoms with Gasteiger partial charge in [-0.05, 0) is 5.92 Å². The van der Waals surface area contributed by atoms with Crippen molar-refractivity contribution in [1.29, 1.82) is 0 Å². The SMILES string of the molecule is CCC(CBr)CN1C(=O)CC(C)(C)C1=O. The lowest BCUT2D eigenvalue weighted by molar-refractivity contribution is -0.141. The highest BCUT2D eigenvalue weighted by molar-refractivity contribution is 9.09. The van der Waals surface area contributed by atoms with E-state index in [0.717, 1.165) is 11.8 Å². The molecule has 1 rings (SSSR count). The molecule has 1 aliphatic rings. The zero-order chi connectivity index (χ0) is 11.6. The number of alkyl halides is 1. The topological polar surface area (TPSA) is 37.4 Å². The summed E-state index contributed by atoms with van der Waals surface area (Å²) in [6.07, 6.45) is 1.33. The number of carbonyl (C=O) groups excluding carboxylic acids is 2. The lowest BCUT2D eigenvalue weighted by atomic mass is 9.92. The first kappa shape index (κ1) is 12.7. The van der Waals surface area contributed by atoms with Gasteiger partial charge in [0.25, 0.3) is 0 Å². The van der Waals surface area contributed by atoms with Crippen LogP contribution in [0.15, 0.2) is 0 Å². The molecule has 1 aliphatic heterocycles. The first-order valence-corrected chi connectivity index (χ1v) is 6.45. The molecule has 0 aromatic rings. The Hall–Kier alpha value is -0.380. The Balaban J connectivity index is 2.71. The molecule has 1 fully saturated rings. The molecule has 0 bridgehead atoms. The van der Waals surface area contributed by atoms with E-state index in [-0.39, 0.29) is 11.8 Å². The van der Waals surface area contributed by atoms with Gasteiger partial charge in [-0.15, -0.1) is 0 Å². The van der Waals surface area contributed by atoms with Crippen molar-refractivity contribution >= 4 is 27.7 Å². The average Bonchev–Trinajstić information content (AvgIpc) is 2.35. The zero-order valence-electron chi connectivity index (χ0n) is 9.55. The lowest BCUT2D eigenvalue weighted by Crippen LogP contribution is -2.37. The molecule has 0 N–H and O–H groups in total. The highest BCUT2D eigenvalue weighted by Crippen LogP contribution is 2.32. The molecule has 1 unspecified atom stereocenters. The second kappa shape index (κ2) is 4.64. The number of nitrogens with zero attached hydrogens (tertiary/aromatic N) is 1. The van der Waals surface area contributed by atoms with Crippen LogP contribution in [0.25, 0.3) is 0 Å². The Labute approximate surface area is 99.3 Å². The molecule has 0 radical (unpaired) electrons. The van der Waals surface area contributed by atoms with E-state index in [1.54, 1.807) is 0 Å². The smallest absolute Gasteiger partial charge is 0.235 e. The van der Waals surface area contributed by atoms with E-state index in [0.29, 0.717) is 18.9 Å². The van der Waals surface area contributed by atoms with Crippen LogP contribution in [0.5, 0.6) is 0 Å². The number of hydrogen-bond acceptors (Lipinski definition) is 2. The quantitative estimate of drug-likeness (QED) is 0.583. The molecule has 1 heterocycles. The van der Waals surface area contributed by atoms with Gasteiger partial charge in [0.05, 0.1) is 5.41 Å². The van der Waals surface area contributed by atoms with Crippen LogP contribution in [0.4, 0.5) is 0 Å². The lowest BCUT2D eigenvalue weighted by Gasteiger charge is -2.21. The van der Waals surface area contributed by atoms with Gasteiger partial charge in [0, 0.05) is 18.3 Å². The van der Waals surface area contributed by atoms with E-state index in [9.17, 15) is 9.59 Å². The molecule has 0 aromatic carbocycles. The van der Waals surface area contributed by atoms with Gasteiger partial charge >= 0.3 is 0 Å². The molecular formula is C11H18BrNO2. The van der Waals surface area contributed by atoms with Gasteiger partial charge in [0.2, 0.25) is 11.8 Å². The molecule has 0 aromatic heterocycles. The maximum Gasteiger partial charge on any atom is 0.235 e. The Morgan fingerprint density at radius 3 is 2.40 bits per heavy atom. The Kier molecular flexibility index (Phi) is 3.93. The minimum Gasteiger partial charge on any atom is -0.282 e. The van der Waals surface area contributed by atoms with Crippen LogP contribution in [0.3, 0.4) is 0 Å². The van der Waals surface area contributed by atoms with E-state index in [4.69, 9.17) is 0 Å².